The van der Waals surface area contributed by atoms with Gasteiger partial charge in [0, 0.05) is 24.0 Å². The largest absolute Gasteiger partial charge is 0.245 e. The molecule has 0 aliphatic carbocycles. The van der Waals surface area contributed by atoms with Gasteiger partial charge in [-0.1, -0.05) is 0 Å². The molecule has 0 radical (unpaired) electrons. The molecule has 132 valence electrons. The number of aryl methyl sites for hydroxylation is 1. The lowest BCUT2D eigenvalue weighted by atomic mass is 10.2. The molecule has 9 heteroatoms. The van der Waals surface area contributed by atoms with Gasteiger partial charge in [-0.05, 0) is 50.9 Å². The van der Waals surface area contributed by atoms with Gasteiger partial charge < -0.3 is 0 Å². The van der Waals surface area contributed by atoms with Crippen molar-refractivity contribution < 1.29 is 8.42 Å². The predicted octanol–water partition coefficient (Wildman–Crippen LogP) is 2.75. The van der Waals surface area contributed by atoms with Gasteiger partial charge in [0.15, 0.2) is 5.65 Å². The van der Waals surface area contributed by atoms with Crippen LogP contribution < -0.4 is 0 Å². The van der Waals surface area contributed by atoms with Crippen LogP contribution in [-0.2, 0) is 16.4 Å². The van der Waals surface area contributed by atoms with Gasteiger partial charge >= 0.3 is 0 Å². The summed E-state index contributed by atoms with van der Waals surface area (Å²) >= 11 is 5.85. The summed E-state index contributed by atoms with van der Waals surface area (Å²) in [5.41, 5.74) is 1.93. The zero-order chi connectivity index (χ0) is 18.4. The van der Waals surface area contributed by atoms with Crippen LogP contribution in [0.5, 0.6) is 0 Å². The number of nitrogens with zero attached hydrogens (tertiary/aromatic N) is 5. The van der Waals surface area contributed by atoms with Crippen molar-refractivity contribution in [1.29, 1.82) is 0 Å². The molecule has 3 rings (SSSR count). The molecule has 0 aliphatic rings. The average molecular weight is 380 g/mol. The maximum atomic E-state index is 12.8. The lowest BCUT2D eigenvalue weighted by molar-refractivity contribution is 0.552. The molecule has 0 spiro atoms. The second kappa shape index (κ2) is 6.03. The zero-order valence-electron chi connectivity index (χ0n) is 14.4. The smallest absolute Gasteiger partial charge is 0.240 e. The highest BCUT2D eigenvalue weighted by molar-refractivity contribution is 7.91. The lowest BCUT2D eigenvalue weighted by Crippen LogP contribution is -2.33. The SMILES string of the molecule is Cc1cnc(Cl)nc1Cc1ncc2ccn(S(=O)(=O)C(C)(C)C)c2n1. The fourth-order valence-corrected chi connectivity index (χ4v) is 3.62. The fraction of sp³-hybridized carbons (Fsp3) is 0.375. The number of hydrogen-bond donors (Lipinski definition) is 0. The number of aromatic nitrogens is 5. The van der Waals surface area contributed by atoms with E-state index in [0.717, 1.165) is 5.56 Å². The molecule has 0 saturated carbocycles. The Morgan fingerprint density at radius 2 is 1.88 bits per heavy atom. The van der Waals surface area contributed by atoms with Gasteiger partial charge in [0.2, 0.25) is 15.3 Å². The molecule has 0 aromatic carbocycles. The summed E-state index contributed by atoms with van der Waals surface area (Å²) < 4.78 is 25.8. The van der Waals surface area contributed by atoms with Gasteiger partial charge in [-0.15, -0.1) is 0 Å². The van der Waals surface area contributed by atoms with Crippen LogP contribution in [0.2, 0.25) is 5.28 Å². The Bertz CT molecular complexity index is 1050. The molecule has 0 fully saturated rings. The maximum Gasteiger partial charge on any atom is 0.245 e. The fourth-order valence-electron chi connectivity index (χ4n) is 2.29. The van der Waals surface area contributed by atoms with Crippen molar-refractivity contribution in [2.75, 3.05) is 0 Å². The van der Waals surface area contributed by atoms with Crippen LogP contribution in [0.1, 0.15) is 37.9 Å². The van der Waals surface area contributed by atoms with E-state index in [1.54, 1.807) is 39.2 Å². The molecule has 25 heavy (non-hydrogen) atoms. The monoisotopic (exact) mass is 379 g/mol. The Hall–Kier alpha value is -2.06. The van der Waals surface area contributed by atoms with Crippen LogP contribution in [0, 0.1) is 6.92 Å². The van der Waals surface area contributed by atoms with E-state index in [9.17, 15) is 8.42 Å². The van der Waals surface area contributed by atoms with Gasteiger partial charge in [0.05, 0.1) is 16.9 Å². The highest BCUT2D eigenvalue weighted by Gasteiger charge is 2.32. The first-order chi connectivity index (χ1) is 11.6. The maximum absolute atomic E-state index is 12.8. The second-order valence-corrected chi connectivity index (χ2v) is 9.65. The molecule has 0 bridgehead atoms. The Kier molecular flexibility index (Phi) is 4.28. The third-order valence-corrected chi connectivity index (χ3v) is 6.39. The molecular formula is C16H18ClN5O2S. The van der Waals surface area contributed by atoms with Crippen LogP contribution >= 0.6 is 11.6 Å². The third kappa shape index (κ3) is 3.23. The normalized spacial score (nSPS) is 12.7. The van der Waals surface area contributed by atoms with Gasteiger partial charge in [0.1, 0.15) is 5.82 Å². The first kappa shape index (κ1) is 17.8. The molecule has 0 atom stereocenters. The van der Waals surface area contributed by atoms with Crippen molar-refractivity contribution >= 4 is 32.7 Å². The van der Waals surface area contributed by atoms with Crippen LogP contribution in [0.3, 0.4) is 0 Å². The van der Waals surface area contributed by atoms with Crippen molar-refractivity contribution in [1.82, 2.24) is 23.9 Å². The molecule has 0 unspecified atom stereocenters. The predicted molar refractivity (Wildman–Crippen MR) is 96.2 cm³/mol. The Morgan fingerprint density at radius 1 is 1.16 bits per heavy atom. The first-order valence-electron chi connectivity index (χ1n) is 7.66. The third-order valence-electron chi connectivity index (χ3n) is 3.85. The molecule has 0 N–H and O–H groups in total. The second-order valence-electron chi connectivity index (χ2n) is 6.74. The molecule has 3 aromatic heterocycles. The average Bonchev–Trinajstić information content (AvgIpc) is 2.93. The summed E-state index contributed by atoms with van der Waals surface area (Å²) in [5.74, 6) is 0.467. The lowest BCUT2D eigenvalue weighted by Gasteiger charge is -2.20. The van der Waals surface area contributed by atoms with Crippen molar-refractivity contribution in [3.63, 3.8) is 0 Å². The van der Waals surface area contributed by atoms with E-state index in [4.69, 9.17) is 11.6 Å². The minimum Gasteiger partial charge on any atom is -0.240 e. The van der Waals surface area contributed by atoms with E-state index >= 15 is 0 Å². The molecule has 0 saturated heterocycles. The van der Waals surface area contributed by atoms with Crippen LogP contribution in [0.15, 0.2) is 24.7 Å². The summed E-state index contributed by atoms with van der Waals surface area (Å²) in [5, 5.41) is 0.814. The van der Waals surface area contributed by atoms with Gasteiger partial charge in [-0.25, -0.2) is 32.3 Å². The molecule has 0 amide bonds. The quantitative estimate of drug-likeness (QED) is 0.650. The van der Waals surface area contributed by atoms with E-state index in [0.29, 0.717) is 29.0 Å². The summed E-state index contributed by atoms with van der Waals surface area (Å²) in [6.07, 6.45) is 5.10. The molecule has 0 aliphatic heterocycles. The molecular weight excluding hydrogens is 362 g/mol. The van der Waals surface area contributed by atoms with Crippen LogP contribution in [0.4, 0.5) is 0 Å². The van der Waals surface area contributed by atoms with Crippen molar-refractivity contribution in [2.45, 2.75) is 38.9 Å². The Morgan fingerprint density at radius 3 is 2.56 bits per heavy atom. The van der Waals surface area contributed by atoms with E-state index in [1.165, 1.54) is 10.2 Å². The zero-order valence-corrected chi connectivity index (χ0v) is 15.9. The van der Waals surface area contributed by atoms with E-state index < -0.39 is 14.8 Å². The highest BCUT2D eigenvalue weighted by atomic mass is 35.5. The van der Waals surface area contributed by atoms with E-state index in [1.807, 2.05) is 6.92 Å². The minimum absolute atomic E-state index is 0.153. The summed E-state index contributed by atoms with van der Waals surface area (Å²) in [6.45, 7) is 6.84. The summed E-state index contributed by atoms with van der Waals surface area (Å²) in [4.78, 5) is 16.9. The molecule has 3 aromatic rings. The van der Waals surface area contributed by atoms with Gasteiger partial charge in [-0.3, -0.25) is 0 Å². The standard InChI is InChI=1S/C16H18ClN5O2S/c1-10-8-19-15(17)20-12(10)7-13-18-9-11-5-6-22(14(11)21-13)25(23,24)16(2,3)4/h5-6,8-9H,7H2,1-4H3. The highest BCUT2D eigenvalue weighted by Crippen LogP contribution is 2.23. The first-order valence-corrected chi connectivity index (χ1v) is 9.47. The number of rotatable bonds is 3. The number of fused-ring (bicyclic) bond motifs is 1. The minimum atomic E-state index is -3.58. The van der Waals surface area contributed by atoms with Crippen LogP contribution in [-0.4, -0.2) is 37.1 Å². The number of hydrogen-bond acceptors (Lipinski definition) is 6. The van der Waals surface area contributed by atoms with Gasteiger partial charge in [0.25, 0.3) is 0 Å². The molecule has 7 nitrogen and oxygen atoms in total. The van der Waals surface area contributed by atoms with Crippen molar-refractivity contribution in [3.05, 3.63) is 47.0 Å². The van der Waals surface area contributed by atoms with Crippen molar-refractivity contribution in [3.8, 4) is 0 Å². The van der Waals surface area contributed by atoms with E-state index in [2.05, 4.69) is 19.9 Å². The Balaban J connectivity index is 2.09. The topological polar surface area (TPSA) is 90.6 Å². The Labute approximate surface area is 151 Å². The summed E-state index contributed by atoms with van der Waals surface area (Å²) in [7, 11) is -3.58. The summed E-state index contributed by atoms with van der Waals surface area (Å²) in [6, 6.07) is 1.69. The van der Waals surface area contributed by atoms with Crippen LogP contribution in [0.25, 0.3) is 11.0 Å². The number of halogens is 1. The van der Waals surface area contributed by atoms with Gasteiger partial charge in [-0.2, -0.15) is 0 Å². The molecule has 3 heterocycles. The van der Waals surface area contributed by atoms with E-state index in [-0.39, 0.29) is 5.28 Å². The van der Waals surface area contributed by atoms with Crippen molar-refractivity contribution in [2.24, 2.45) is 0 Å².